The van der Waals surface area contributed by atoms with Crippen molar-refractivity contribution < 1.29 is 19.5 Å². The first-order valence-corrected chi connectivity index (χ1v) is 8.61. The lowest BCUT2D eigenvalue weighted by atomic mass is 10.2. The number of aliphatic carboxylic acids is 1. The Balaban J connectivity index is 1.81. The molecule has 1 heterocycles. The molecule has 2 amide bonds. The summed E-state index contributed by atoms with van der Waals surface area (Å²) in [4.78, 5) is 37.9. The second-order valence-electron chi connectivity index (χ2n) is 5.04. The summed E-state index contributed by atoms with van der Waals surface area (Å²) >= 11 is 6.83. The number of carboxylic acid groups (broad SMARTS) is 1. The van der Waals surface area contributed by atoms with Gasteiger partial charge in [0, 0.05) is 42.5 Å². The second-order valence-corrected chi connectivity index (χ2v) is 6.47. The standard InChI is InChI=1S/C15H17ClN2O4S/c16-12-3-1-11(2-4-12)15(22)18-7-5-17(6-8-18)13(19)9-23-10-14(20)21/h1-4H,5-10H2,(H,20,21)/p-1. The monoisotopic (exact) mass is 355 g/mol. The number of amides is 2. The fraction of sp³-hybridized carbons (Fsp3) is 0.400. The zero-order chi connectivity index (χ0) is 16.8. The van der Waals surface area contributed by atoms with Gasteiger partial charge >= 0.3 is 0 Å². The number of carbonyl (C=O) groups excluding carboxylic acids is 3. The smallest absolute Gasteiger partial charge is 0.253 e. The molecule has 0 aromatic heterocycles. The molecule has 2 rings (SSSR count). The molecule has 0 saturated carbocycles. The van der Waals surface area contributed by atoms with E-state index in [-0.39, 0.29) is 23.3 Å². The number of thioether (sulfide) groups is 1. The highest BCUT2D eigenvalue weighted by molar-refractivity contribution is 8.00. The molecule has 0 atom stereocenters. The van der Waals surface area contributed by atoms with Crippen LogP contribution in [0.3, 0.4) is 0 Å². The molecule has 0 unspecified atom stereocenters. The third-order valence-electron chi connectivity index (χ3n) is 3.46. The van der Waals surface area contributed by atoms with Crippen LogP contribution in [0.2, 0.25) is 5.02 Å². The van der Waals surface area contributed by atoms with E-state index < -0.39 is 5.97 Å². The highest BCUT2D eigenvalue weighted by atomic mass is 35.5. The Bertz CT molecular complexity index is 586. The van der Waals surface area contributed by atoms with E-state index in [0.717, 1.165) is 11.8 Å². The summed E-state index contributed by atoms with van der Waals surface area (Å²) < 4.78 is 0. The van der Waals surface area contributed by atoms with Gasteiger partial charge < -0.3 is 19.7 Å². The van der Waals surface area contributed by atoms with Gasteiger partial charge in [-0.05, 0) is 24.3 Å². The van der Waals surface area contributed by atoms with Gasteiger partial charge in [0.25, 0.3) is 5.91 Å². The van der Waals surface area contributed by atoms with E-state index >= 15 is 0 Å². The Morgan fingerprint density at radius 1 is 1.00 bits per heavy atom. The van der Waals surface area contributed by atoms with Gasteiger partial charge in [0.1, 0.15) is 0 Å². The predicted octanol–water partition coefficient (Wildman–Crippen LogP) is 0.107. The number of carboxylic acids is 1. The van der Waals surface area contributed by atoms with Crippen LogP contribution in [0.25, 0.3) is 0 Å². The zero-order valence-corrected chi connectivity index (χ0v) is 13.9. The van der Waals surface area contributed by atoms with Crippen molar-refractivity contribution in [2.75, 3.05) is 37.7 Å². The molecule has 1 aromatic carbocycles. The maximum atomic E-state index is 12.3. The van der Waals surface area contributed by atoms with Crippen LogP contribution in [0.15, 0.2) is 24.3 Å². The second kappa shape index (κ2) is 8.21. The molecule has 1 aromatic rings. The Kier molecular flexibility index (Phi) is 6.29. The van der Waals surface area contributed by atoms with E-state index in [2.05, 4.69) is 0 Å². The lowest BCUT2D eigenvalue weighted by molar-refractivity contribution is -0.301. The van der Waals surface area contributed by atoms with Crippen molar-refractivity contribution in [3.05, 3.63) is 34.9 Å². The first-order chi connectivity index (χ1) is 11.0. The van der Waals surface area contributed by atoms with E-state index in [4.69, 9.17) is 11.6 Å². The molecule has 8 heteroatoms. The number of nitrogens with zero attached hydrogens (tertiary/aromatic N) is 2. The van der Waals surface area contributed by atoms with E-state index in [1.165, 1.54) is 0 Å². The number of hydrogen-bond acceptors (Lipinski definition) is 5. The number of rotatable bonds is 5. The molecular weight excluding hydrogens is 340 g/mol. The summed E-state index contributed by atoms with van der Waals surface area (Å²) in [6, 6.07) is 6.70. The van der Waals surface area contributed by atoms with Crippen LogP contribution in [0.1, 0.15) is 10.4 Å². The number of piperazine rings is 1. The van der Waals surface area contributed by atoms with Gasteiger partial charge in [0.15, 0.2) is 0 Å². The normalized spacial score (nSPS) is 14.7. The summed E-state index contributed by atoms with van der Waals surface area (Å²) in [5.74, 6) is -1.46. The van der Waals surface area contributed by atoms with Gasteiger partial charge in [-0.3, -0.25) is 9.59 Å². The van der Waals surface area contributed by atoms with Gasteiger partial charge in [0.2, 0.25) is 5.91 Å². The van der Waals surface area contributed by atoms with Gasteiger partial charge in [-0.25, -0.2) is 0 Å². The number of hydrogen-bond donors (Lipinski definition) is 0. The van der Waals surface area contributed by atoms with Crippen LogP contribution in [0.4, 0.5) is 0 Å². The third kappa shape index (κ3) is 5.14. The topological polar surface area (TPSA) is 80.8 Å². The van der Waals surface area contributed by atoms with Gasteiger partial charge in [-0.1, -0.05) is 11.6 Å². The Morgan fingerprint density at radius 3 is 2.13 bits per heavy atom. The molecule has 0 spiro atoms. The molecular formula is C15H16ClN2O4S-. The third-order valence-corrected chi connectivity index (χ3v) is 4.60. The summed E-state index contributed by atoms with van der Waals surface area (Å²) in [6.45, 7) is 1.81. The highest BCUT2D eigenvalue weighted by Crippen LogP contribution is 2.13. The first kappa shape index (κ1) is 17.6. The van der Waals surface area contributed by atoms with Crippen molar-refractivity contribution in [3.63, 3.8) is 0 Å². The van der Waals surface area contributed by atoms with E-state index in [0.29, 0.717) is 36.8 Å². The number of carbonyl (C=O) groups is 3. The summed E-state index contributed by atoms with van der Waals surface area (Å²) in [6.07, 6.45) is 0. The van der Waals surface area contributed by atoms with Crippen LogP contribution < -0.4 is 5.11 Å². The first-order valence-electron chi connectivity index (χ1n) is 7.07. The predicted molar refractivity (Wildman–Crippen MR) is 86.3 cm³/mol. The fourth-order valence-electron chi connectivity index (χ4n) is 2.25. The van der Waals surface area contributed by atoms with Gasteiger partial charge in [0.05, 0.1) is 11.7 Å². The number of benzene rings is 1. The molecule has 1 fully saturated rings. The van der Waals surface area contributed by atoms with Crippen LogP contribution in [-0.4, -0.2) is 65.3 Å². The molecule has 1 aliphatic rings. The van der Waals surface area contributed by atoms with Crippen molar-refractivity contribution in [2.45, 2.75) is 0 Å². The SMILES string of the molecule is O=C([O-])CSCC(=O)N1CCN(C(=O)c2ccc(Cl)cc2)CC1. The van der Waals surface area contributed by atoms with Gasteiger partial charge in [-0.15, -0.1) is 11.8 Å². The largest absolute Gasteiger partial charge is 0.549 e. The minimum absolute atomic E-state index is 0.0832. The fourth-order valence-corrected chi connectivity index (χ4v) is 3.00. The summed E-state index contributed by atoms with van der Waals surface area (Å²) in [7, 11) is 0. The van der Waals surface area contributed by atoms with Crippen molar-refractivity contribution >= 4 is 41.1 Å². The molecule has 23 heavy (non-hydrogen) atoms. The molecule has 0 bridgehead atoms. The molecule has 0 radical (unpaired) electrons. The molecule has 124 valence electrons. The van der Waals surface area contributed by atoms with Crippen molar-refractivity contribution in [3.8, 4) is 0 Å². The maximum absolute atomic E-state index is 12.3. The molecule has 6 nitrogen and oxygen atoms in total. The van der Waals surface area contributed by atoms with Crippen molar-refractivity contribution in [2.24, 2.45) is 0 Å². The molecule has 1 aliphatic heterocycles. The molecule has 0 aliphatic carbocycles. The van der Waals surface area contributed by atoms with Crippen LogP contribution in [-0.2, 0) is 9.59 Å². The molecule has 0 N–H and O–H groups in total. The maximum Gasteiger partial charge on any atom is 0.253 e. The Hall–Kier alpha value is -1.73. The summed E-state index contributed by atoms with van der Waals surface area (Å²) in [5, 5.41) is 10.9. The van der Waals surface area contributed by atoms with Crippen molar-refractivity contribution in [1.82, 2.24) is 9.80 Å². The highest BCUT2D eigenvalue weighted by Gasteiger charge is 2.24. The minimum atomic E-state index is -1.18. The van der Waals surface area contributed by atoms with Crippen LogP contribution >= 0.6 is 23.4 Å². The van der Waals surface area contributed by atoms with Gasteiger partial charge in [-0.2, -0.15) is 0 Å². The molecule has 1 saturated heterocycles. The minimum Gasteiger partial charge on any atom is -0.549 e. The lowest BCUT2D eigenvalue weighted by Gasteiger charge is -2.34. The average molecular weight is 356 g/mol. The van der Waals surface area contributed by atoms with E-state index in [1.54, 1.807) is 34.1 Å². The number of halogens is 1. The van der Waals surface area contributed by atoms with Crippen molar-refractivity contribution in [1.29, 1.82) is 0 Å². The van der Waals surface area contributed by atoms with Crippen LogP contribution in [0.5, 0.6) is 0 Å². The van der Waals surface area contributed by atoms with Crippen LogP contribution in [0, 0.1) is 0 Å². The zero-order valence-electron chi connectivity index (χ0n) is 12.4. The van der Waals surface area contributed by atoms with E-state index in [9.17, 15) is 19.5 Å². The van der Waals surface area contributed by atoms with E-state index in [1.807, 2.05) is 0 Å². The lowest BCUT2D eigenvalue weighted by Crippen LogP contribution is -2.51. The quantitative estimate of drug-likeness (QED) is 0.748. The summed E-state index contributed by atoms with van der Waals surface area (Å²) in [5.41, 5.74) is 0.568. The Labute approximate surface area is 143 Å². The Morgan fingerprint density at radius 2 is 1.57 bits per heavy atom. The average Bonchev–Trinajstić information content (AvgIpc) is 2.54.